The molecule has 1 heterocycles. The molecule has 3 rings (SSSR count). The van der Waals surface area contributed by atoms with E-state index < -0.39 is 0 Å². The van der Waals surface area contributed by atoms with E-state index in [1.807, 2.05) is 0 Å². The molecule has 102 valence electrons. The molecule has 1 unspecified atom stereocenters. The summed E-state index contributed by atoms with van der Waals surface area (Å²) in [6.07, 6.45) is 7.65. The van der Waals surface area contributed by atoms with Crippen molar-refractivity contribution in [1.29, 1.82) is 0 Å². The second kappa shape index (κ2) is 5.57. The third kappa shape index (κ3) is 3.95. The smallest absolute Gasteiger partial charge is 0.234 e. The summed E-state index contributed by atoms with van der Waals surface area (Å²) in [6, 6.07) is 1.30. The SMILES string of the molecule is O=C(CN1CCCC(CNC2CC2)C1)NC1CC1. The van der Waals surface area contributed by atoms with E-state index in [0.717, 1.165) is 31.6 Å². The Hall–Kier alpha value is -0.610. The Morgan fingerprint density at radius 3 is 2.61 bits per heavy atom. The Labute approximate surface area is 109 Å². The summed E-state index contributed by atoms with van der Waals surface area (Å²) >= 11 is 0. The highest BCUT2D eigenvalue weighted by Gasteiger charge is 2.27. The van der Waals surface area contributed by atoms with Crippen LogP contribution >= 0.6 is 0 Å². The van der Waals surface area contributed by atoms with E-state index in [4.69, 9.17) is 0 Å². The van der Waals surface area contributed by atoms with E-state index in [0.29, 0.717) is 12.6 Å². The highest BCUT2D eigenvalue weighted by Crippen LogP contribution is 2.21. The number of nitrogens with one attached hydrogen (secondary N) is 2. The van der Waals surface area contributed by atoms with Gasteiger partial charge in [0.25, 0.3) is 0 Å². The molecule has 3 aliphatic rings. The van der Waals surface area contributed by atoms with Crippen LogP contribution in [0.4, 0.5) is 0 Å². The van der Waals surface area contributed by atoms with Gasteiger partial charge in [0.2, 0.25) is 5.91 Å². The number of rotatable bonds is 6. The fraction of sp³-hybridized carbons (Fsp3) is 0.929. The van der Waals surface area contributed by atoms with Gasteiger partial charge >= 0.3 is 0 Å². The van der Waals surface area contributed by atoms with Crippen LogP contribution in [0, 0.1) is 5.92 Å². The molecular formula is C14H25N3O. The fourth-order valence-electron chi connectivity index (χ4n) is 2.79. The van der Waals surface area contributed by atoms with E-state index in [1.54, 1.807) is 0 Å². The van der Waals surface area contributed by atoms with Gasteiger partial charge in [0.1, 0.15) is 0 Å². The number of amides is 1. The summed E-state index contributed by atoms with van der Waals surface area (Å²) < 4.78 is 0. The summed E-state index contributed by atoms with van der Waals surface area (Å²) in [5, 5.41) is 6.70. The van der Waals surface area contributed by atoms with Crippen molar-refractivity contribution in [2.45, 2.75) is 50.6 Å². The molecule has 0 aromatic heterocycles. The third-order valence-corrected chi connectivity index (χ3v) is 4.19. The van der Waals surface area contributed by atoms with Crippen LogP contribution in [0.5, 0.6) is 0 Å². The number of piperidine rings is 1. The normalized spacial score (nSPS) is 29.2. The van der Waals surface area contributed by atoms with Gasteiger partial charge in [0.05, 0.1) is 6.54 Å². The molecule has 4 nitrogen and oxygen atoms in total. The lowest BCUT2D eigenvalue weighted by atomic mass is 9.98. The minimum Gasteiger partial charge on any atom is -0.352 e. The molecule has 0 spiro atoms. The molecule has 1 saturated heterocycles. The molecule has 3 fully saturated rings. The molecule has 0 aromatic carbocycles. The zero-order valence-electron chi connectivity index (χ0n) is 11.2. The van der Waals surface area contributed by atoms with Crippen LogP contribution in [0.1, 0.15) is 38.5 Å². The molecule has 2 aliphatic carbocycles. The molecule has 1 amide bonds. The largest absolute Gasteiger partial charge is 0.352 e. The van der Waals surface area contributed by atoms with Gasteiger partial charge in [-0.15, -0.1) is 0 Å². The highest BCUT2D eigenvalue weighted by atomic mass is 16.2. The first-order valence-corrected chi connectivity index (χ1v) is 7.55. The maximum Gasteiger partial charge on any atom is 0.234 e. The molecule has 18 heavy (non-hydrogen) atoms. The average molecular weight is 251 g/mol. The molecule has 1 aliphatic heterocycles. The first-order valence-electron chi connectivity index (χ1n) is 7.55. The van der Waals surface area contributed by atoms with Crippen molar-refractivity contribution in [2.75, 3.05) is 26.2 Å². The van der Waals surface area contributed by atoms with Crippen molar-refractivity contribution in [3.63, 3.8) is 0 Å². The van der Waals surface area contributed by atoms with Crippen molar-refractivity contribution in [3.05, 3.63) is 0 Å². The highest BCUT2D eigenvalue weighted by molar-refractivity contribution is 5.78. The zero-order chi connectivity index (χ0) is 12.4. The average Bonchev–Trinajstić information content (AvgIpc) is 3.22. The second-order valence-electron chi connectivity index (χ2n) is 6.27. The van der Waals surface area contributed by atoms with Crippen LogP contribution in [0.25, 0.3) is 0 Å². The number of nitrogens with zero attached hydrogens (tertiary/aromatic N) is 1. The Morgan fingerprint density at radius 1 is 1.11 bits per heavy atom. The molecule has 2 saturated carbocycles. The van der Waals surface area contributed by atoms with E-state index in [-0.39, 0.29) is 5.91 Å². The van der Waals surface area contributed by atoms with Crippen LogP contribution in [0.2, 0.25) is 0 Å². The first kappa shape index (κ1) is 12.4. The molecule has 0 aromatic rings. The van der Waals surface area contributed by atoms with Gasteiger partial charge < -0.3 is 10.6 Å². The minimum atomic E-state index is 0.230. The van der Waals surface area contributed by atoms with Gasteiger partial charge in [0.15, 0.2) is 0 Å². The van der Waals surface area contributed by atoms with E-state index >= 15 is 0 Å². The topological polar surface area (TPSA) is 44.4 Å². The maximum absolute atomic E-state index is 11.8. The molecule has 2 N–H and O–H groups in total. The maximum atomic E-state index is 11.8. The lowest BCUT2D eigenvalue weighted by Crippen LogP contribution is -2.45. The van der Waals surface area contributed by atoms with Crippen molar-refractivity contribution in [1.82, 2.24) is 15.5 Å². The van der Waals surface area contributed by atoms with Gasteiger partial charge in [-0.2, -0.15) is 0 Å². The number of carbonyl (C=O) groups excluding carboxylic acids is 1. The van der Waals surface area contributed by atoms with Gasteiger partial charge in [-0.25, -0.2) is 0 Å². The van der Waals surface area contributed by atoms with Crippen LogP contribution in [-0.2, 0) is 4.79 Å². The Bertz CT molecular complexity index is 299. The van der Waals surface area contributed by atoms with E-state index in [2.05, 4.69) is 15.5 Å². The predicted octanol–water partition coefficient (Wildman–Crippen LogP) is 0.729. The summed E-state index contributed by atoms with van der Waals surface area (Å²) in [4.78, 5) is 14.1. The van der Waals surface area contributed by atoms with Crippen LogP contribution in [0.3, 0.4) is 0 Å². The second-order valence-corrected chi connectivity index (χ2v) is 6.27. The standard InChI is InChI=1S/C14H25N3O/c18-14(16-13-5-6-13)10-17-7-1-2-11(9-17)8-15-12-3-4-12/h11-13,15H,1-10H2,(H,16,18). The molecular weight excluding hydrogens is 226 g/mol. The summed E-state index contributed by atoms with van der Waals surface area (Å²) in [7, 11) is 0. The Balaban J connectivity index is 1.36. The van der Waals surface area contributed by atoms with E-state index in [9.17, 15) is 4.79 Å². The Kier molecular flexibility index (Phi) is 3.85. The number of hydrogen-bond acceptors (Lipinski definition) is 3. The van der Waals surface area contributed by atoms with Gasteiger partial charge in [-0.3, -0.25) is 9.69 Å². The quantitative estimate of drug-likeness (QED) is 0.731. The Morgan fingerprint density at radius 2 is 1.89 bits per heavy atom. The summed E-state index contributed by atoms with van der Waals surface area (Å²) in [6.45, 7) is 3.94. The summed E-state index contributed by atoms with van der Waals surface area (Å²) in [5.41, 5.74) is 0. The van der Waals surface area contributed by atoms with Crippen molar-refractivity contribution in [2.24, 2.45) is 5.92 Å². The summed E-state index contributed by atoms with van der Waals surface area (Å²) in [5.74, 6) is 0.973. The molecule has 0 bridgehead atoms. The van der Waals surface area contributed by atoms with Crippen LogP contribution in [-0.4, -0.2) is 49.1 Å². The molecule has 0 radical (unpaired) electrons. The number of carbonyl (C=O) groups is 1. The molecule has 1 atom stereocenters. The van der Waals surface area contributed by atoms with Crippen molar-refractivity contribution < 1.29 is 4.79 Å². The molecule has 4 heteroatoms. The predicted molar refractivity (Wildman–Crippen MR) is 71.4 cm³/mol. The first-order chi connectivity index (χ1) is 8.79. The van der Waals surface area contributed by atoms with E-state index in [1.165, 1.54) is 38.5 Å². The van der Waals surface area contributed by atoms with Crippen LogP contribution < -0.4 is 10.6 Å². The zero-order valence-corrected chi connectivity index (χ0v) is 11.2. The minimum absolute atomic E-state index is 0.230. The number of hydrogen-bond donors (Lipinski definition) is 2. The van der Waals surface area contributed by atoms with Gasteiger partial charge in [-0.05, 0) is 57.5 Å². The van der Waals surface area contributed by atoms with Crippen molar-refractivity contribution >= 4 is 5.91 Å². The lowest BCUT2D eigenvalue weighted by molar-refractivity contribution is -0.122. The third-order valence-electron chi connectivity index (χ3n) is 4.19. The number of likely N-dealkylation sites (tertiary alicyclic amines) is 1. The van der Waals surface area contributed by atoms with Gasteiger partial charge in [-0.1, -0.05) is 0 Å². The van der Waals surface area contributed by atoms with Crippen molar-refractivity contribution in [3.8, 4) is 0 Å². The van der Waals surface area contributed by atoms with Gasteiger partial charge in [0, 0.05) is 18.6 Å². The lowest BCUT2D eigenvalue weighted by Gasteiger charge is -2.32. The monoisotopic (exact) mass is 251 g/mol. The fourth-order valence-corrected chi connectivity index (χ4v) is 2.79. The van der Waals surface area contributed by atoms with Crippen LogP contribution in [0.15, 0.2) is 0 Å².